The van der Waals surface area contributed by atoms with Crippen LogP contribution in [0.2, 0.25) is 5.02 Å². The summed E-state index contributed by atoms with van der Waals surface area (Å²) >= 11 is 11.1. The molecule has 8 heteroatoms. The number of rotatable bonds is 3. The summed E-state index contributed by atoms with van der Waals surface area (Å²) in [4.78, 5) is 0. The van der Waals surface area contributed by atoms with Gasteiger partial charge < -0.3 is 10.2 Å². The van der Waals surface area contributed by atoms with Crippen molar-refractivity contribution in [1.82, 2.24) is 14.9 Å². The molecule has 0 aliphatic carbocycles. The lowest BCUT2D eigenvalue weighted by molar-refractivity contribution is 0.404. The van der Waals surface area contributed by atoms with Gasteiger partial charge in [-0.2, -0.15) is 14.9 Å². The maximum absolute atomic E-state index is 9.62. The summed E-state index contributed by atoms with van der Waals surface area (Å²) in [6, 6.07) is 10.6. The zero-order valence-electron chi connectivity index (χ0n) is 12.6. The van der Waals surface area contributed by atoms with E-state index >= 15 is 0 Å². The van der Waals surface area contributed by atoms with Crippen LogP contribution in [0.25, 0.3) is 11.4 Å². The van der Waals surface area contributed by atoms with E-state index in [0.29, 0.717) is 16.2 Å². The topological polar surface area (TPSA) is 86.4 Å². The van der Waals surface area contributed by atoms with Gasteiger partial charge in [0.1, 0.15) is 0 Å². The minimum absolute atomic E-state index is 0.0337. The van der Waals surface area contributed by atoms with E-state index in [0.717, 1.165) is 11.1 Å². The minimum atomic E-state index is -0.366. The lowest BCUT2D eigenvalue weighted by Gasteiger charge is -2.05. The number of halogens is 1. The summed E-state index contributed by atoms with van der Waals surface area (Å²) in [5.41, 5.74) is 2.44. The average molecular weight is 361 g/mol. The van der Waals surface area contributed by atoms with E-state index in [4.69, 9.17) is 23.8 Å². The van der Waals surface area contributed by atoms with Gasteiger partial charge in [0.05, 0.1) is 11.2 Å². The van der Waals surface area contributed by atoms with Gasteiger partial charge in [-0.1, -0.05) is 35.9 Å². The second-order valence-corrected chi connectivity index (χ2v) is 5.89. The highest BCUT2D eigenvalue weighted by molar-refractivity contribution is 7.71. The Kier molecular flexibility index (Phi) is 4.37. The van der Waals surface area contributed by atoms with E-state index in [1.807, 2.05) is 31.2 Å². The molecule has 1 aromatic heterocycles. The molecular weight excluding hydrogens is 348 g/mol. The highest BCUT2D eigenvalue weighted by Gasteiger charge is 2.10. The summed E-state index contributed by atoms with van der Waals surface area (Å²) in [6.07, 6.45) is 1.47. The van der Waals surface area contributed by atoms with Gasteiger partial charge in [-0.25, -0.2) is 5.10 Å². The predicted octanol–water partition coefficient (Wildman–Crippen LogP) is 3.86. The number of nitrogens with zero attached hydrogens (tertiary/aromatic N) is 3. The Balaban J connectivity index is 2.04. The number of benzene rings is 2. The maximum Gasteiger partial charge on any atom is 0.216 e. The van der Waals surface area contributed by atoms with Crippen molar-refractivity contribution in [2.75, 3.05) is 0 Å². The lowest BCUT2D eigenvalue weighted by Crippen LogP contribution is -1.96. The third kappa shape index (κ3) is 3.04. The number of phenolic OH excluding ortho intramolecular Hbond substituents is 2. The number of H-pyrrole nitrogens is 1. The van der Waals surface area contributed by atoms with E-state index in [-0.39, 0.29) is 16.5 Å². The van der Waals surface area contributed by atoms with Gasteiger partial charge in [-0.15, -0.1) is 0 Å². The number of aromatic amines is 1. The standard InChI is InChI=1S/C16H13ClN4O2S/c1-9-4-2-3-5-11(9)15-19-20-16(24)21(15)18-8-10-6-12(17)14(23)13(22)7-10/h2-8,22-23H,1H3,(H,20,24)/b18-8+. The van der Waals surface area contributed by atoms with E-state index in [9.17, 15) is 10.2 Å². The summed E-state index contributed by atoms with van der Waals surface area (Å²) in [6.45, 7) is 1.97. The molecule has 0 atom stereocenters. The largest absolute Gasteiger partial charge is 0.504 e. The number of aromatic hydroxyl groups is 2. The first kappa shape index (κ1) is 16.2. The molecule has 1 heterocycles. The average Bonchev–Trinajstić information content (AvgIpc) is 2.91. The Morgan fingerprint density at radius 1 is 1.29 bits per heavy atom. The predicted molar refractivity (Wildman–Crippen MR) is 95.4 cm³/mol. The number of aromatic nitrogens is 3. The summed E-state index contributed by atoms with van der Waals surface area (Å²) < 4.78 is 1.81. The molecule has 0 saturated heterocycles. The molecule has 3 aromatic rings. The van der Waals surface area contributed by atoms with Crippen LogP contribution in [0.1, 0.15) is 11.1 Å². The molecule has 0 radical (unpaired) electrons. The zero-order chi connectivity index (χ0) is 17.3. The van der Waals surface area contributed by atoms with Gasteiger partial charge in [0.25, 0.3) is 0 Å². The molecule has 2 aromatic carbocycles. The second-order valence-electron chi connectivity index (χ2n) is 5.09. The van der Waals surface area contributed by atoms with Crippen molar-refractivity contribution in [3.8, 4) is 22.9 Å². The fraction of sp³-hybridized carbons (Fsp3) is 0.0625. The molecule has 0 aliphatic heterocycles. The van der Waals surface area contributed by atoms with E-state index in [1.54, 1.807) is 0 Å². The van der Waals surface area contributed by atoms with Crippen LogP contribution in [0.3, 0.4) is 0 Å². The molecule has 0 amide bonds. The molecule has 122 valence electrons. The monoisotopic (exact) mass is 360 g/mol. The molecular formula is C16H13ClN4O2S. The normalized spacial score (nSPS) is 11.2. The van der Waals surface area contributed by atoms with Crippen molar-refractivity contribution in [1.29, 1.82) is 0 Å². The molecule has 0 spiro atoms. The van der Waals surface area contributed by atoms with Crippen molar-refractivity contribution in [2.24, 2.45) is 5.10 Å². The Morgan fingerprint density at radius 3 is 2.75 bits per heavy atom. The minimum Gasteiger partial charge on any atom is -0.504 e. The Labute approximate surface area is 147 Å². The fourth-order valence-electron chi connectivity index (χ4n) is 2.20. The first-order valence-electron chi connectivity index (χ1n) is 6.96. The van der Waals surface area contributed by atoms with Gasteiger partial charge in [0.15, 0.2) is 17.3 Å². The molecule has 0 unspecified atom stereocenters. The van der Waals surface area contributed by atoms with Crippen LogP contribution in [0.4, 0.5) is 0 Å². The van der Waals surface area contributed by atoms with Gasteiger partial charge in [0, 0.05) is 5.56 Å². The number of phenols is 2. The van der Waals surface area contributed by atoms with E-state index in [2.05, 4.69) is 15.3 Å². The molecule has 0 bridgehead atoms. The van der Waals surface area contributed by atoms with Crippen LogP contribution >= 0.6 is 23.8 Å². The van der Waals surface area contributed by atoms with Crippen LogP contribution < -0.4 is 0 Å². The van der Waals surface area contributed by atoms with E-state index in [1.165, 1.54) is 23.0 Å². The first-order valence-corrected chi connectivity index (χ1v) is 7.75. The van der Waals surface area contributed by atoms with Crippen molar-refractivity contribution in [2.45, 2.75) is 6.92 Å². The van der Waals surface area contributed by atoms with Crippen LogP contribution in [0, 0.1) is 11.7 Å². The van der Waals surface area contributed by atoms with Crippen LogP contribution in [-0.2, 0) is 0 Å². The Morgan fingerprint density at radius 2 is 2.04 bits per heavy atom. The summed E-state index contributed by atoms with van der Waals surface area (Å²) in [5, 5.41) is 30.4. The number of aryl methyl sites for hydroxylation is 1. The SMILES string of the molecule is Cc1ccccc1-c1n[nH]c(=S)n1/N=C/c1cc(O)c(O)c(Cl)c1. The van der Waals surface area contributed by atoms with Gasteiger partial charge in [-0.3, -0.25) is 0 Å². The third-order valence-corrected chi connectivity index (χ3v) is 3.98. The molecule has 3 rings (SSSR count). The molecule has 0 saturated carbocycles. The number of nitrogens with one attached hydrogen (secondary N) is 1. The zero-order valence-corrected chi connectivity index (χ0v) is 14.1. The fourth-order valence-corrected chi connectivity index (χ4v) is 2.60. The van der Waals surface area contributed by atoms with Crippen molar-refractivity contribution >= 4 is 30.0 Å². The third-order valence-electron chi connectivity index (χ3n) is 3.42. The lowest BCUT2D eigenvalue weighted by atomic mass is 10.1. The molecule has 3 N–H and O–H groups in total. The van der Waals surface area contributed by atoms with Crippen molar-refractivity contribution in [3.63, 3.8) is 0 Å². The Hall–Kier alpha value is -2.64. The Bertz CT molecular complexity index is 971. The highest BCUT2D eigenvalue weighted by Crippen LogP contribution is 2.33. The molecule has 24 heavy (non-hydrogen) atoms. The van der Waals surface area contributed by atoms with Gasteiger partial charge in [-0.05, 0) is 42.4 Å². The van der Waals surface area contributed by atoms with Gasteiger partial charge >= 0.3 is 0 Å². The number of hydrogen-bond donors (Lipinski definition) is 3. The molecule has 0 fully saturated rings. The first-order chi connectivity index (χ1) is 11.5. The van der Waals surface area contributed by atoms with Crippen molar-refractivity contribution < 1.29 is 10.2 Å². The molecule has 0 aliphatic rings. The number of hydrogen-bond acceptors (Lipinski definition) is 5. The smallest absolute Gasteiger partial charge is 0.216 e. The summed E-state index contributed by atoms with van der Waals surface area (Å²) in [7, 11) is 0. The van der Waals surface area contributed by atoms with Crippen LogP contribution in [-0.4, -0.2) is 31.3 Å². The van der Waals surface area contributed by atoms with E-state index < -0.39 is 0 Å². The van der Waals surface area contributed by atoms with Crippen LogP contribution in [0.15, 0.2) is 41.5 Å². The highest BCUT2D eigenvalue weighted by atomic mass is 35.5. The maximum atomic E-state index is 9.62. The van der Waals surface area contributed by atoms with Crippen LogP contribution in [0.5, 0.6) is 11.5 Å². The second kappa shape index (κ2) is 6.46. The molecule has 6 nitrogen and oxygen atoms in total. The van der Waals surface area contributed by atoms with Crippen molar-refractivity contribution in [3.05, 3.63) is 57.3 Å². The van der Waals surface area contributed by atoms with Gasteiger partial charge in [0.2, 0.25) is 4.77 Å². The quantitative estimate of drug-likeness (QED) is 0.376. The summed E-state index contributed by atoms with van der Waals surface area (Å²) in [5.74, 6) is -0.114.